The van der Waals surface area contributed by atoms with Gasteiger partial charge in [0.15, 0.2) is 11.0 Å². The molecule has 3 rings (SSSR count). The van der Waals surface area contributed by atoms with E-state index in [-0.39, 0.29) is 18.3 Å². The number of ether oxygens (including phenoxy) is 2. The number of amides is 1. The van der Waals surface area contributed by atoms with Crippen LogP contribution in [-0.2, 0) is 16.1 Å². The summed E-state index contributed by atoms with van der Waals surface area (Å²) >= 11 is 2.60. The van der Waals surface area contributed by atoms with Gasteiger partial charge in [-0.3, -0.25) is 4.79 Å². The normalized spacial score (nSPS) is 10.7. The van der Waals surface area contributed by atoms with E-state index in [1.165, 1.54) is 23.1 Å². The minimum atomic E-state index is -0.444. The van der Waals surface area contributed by atoms with Crippen molar-refractivity contribution in [1.82, 2.24) is 14.8 Å². The molecule has 32 heavy (non-hydrogen) atoms. The number of aromatic nitrogens is 3. The van der Waals surface area contributed by atoms with Crippen LogP contribution in [-0.4, -0.2) is 46.1 Å². The molecule has 1 amide bonds. The van der Waals surface area contributed by atoms with E-state index in [2.05, 4.69) is 22.4 Å². The molecule has 0 spiro atoms. The summed E-state index contributed by atoms with van der Waals surface area (Å²) in [5.41, 5.74) is 1.30. The van der Waals surface area contributed by atoms with Gasteiger partial charge in [-0.25, -0.2) is 4.79 Å². The van der Waals surface area contributed by atoms with Gasteiger partial charge < -0.3 is 19.4 Å². The predicted octanol–water partition coefficient (Wildman–Crippen LogP) is 4.72. The smallest absolute Gasteiger partial charge is 0.341 e. The Balaban J connectivity index is 1.70. The zero-order valence-electron chi connectivity index (χ0n) is 18.3. The molecule has 10 heteroatoms. The second-order valence-electron chi connectivity index (χ2n) is 6.76. The zero-order chi connectivity index (χ0) is 22.9. The molecule has 0 radical (unpaired) electrons. The fourth-order valence-corrected chi connectivity index (χ4v) is 4.49. The number of anilines is 1. The third-order valence-corrected chi connectivity index (χ3v) is 6.34. The molecule has 1 N–H and O–H groups in total. The highest BCUT2D eigenvalue weighted by atomic mass is 32.2. The van der Waals surface area contributed by atoms with E-state index >= 15 is 0 Å². The van der Waals surface area contributed by atoms with Crippen molar-refractivity contribution in [1.29, 1.82) is 0 Å². The van der Waals surface area contributed by atoms with E-state index in [1.807, 2.05) is 28.8 Å². The van der Waals surface area contributed by atoms with E-state index in [9.17, 15) is 9.59 Å². The number of rotatable bonds is 11. The van der Waals surface area contributed by atoms with Gasteiger partial charge in [0.1, 0.15) is 10.8 Å². The molecule has 0 fully saturated rings. The number of methoxy groups -OCH3 is 1. The SMILES string of the molecule is CCCCn1c(SCC(=O)Nc2sccc2C(=O)OCC)nnc1-c1ccc(OC)cc1. The molecule has 0 aliphatic heterocycles. The minimum absolute atomic E-state index is 0.146. The summed E-state index contributed by atoms with van der Waals surface area (Å²) in [5.74, 6) is 1.01. The van der Waals surface area contributed by atoms with Gasteiger partial charge in [0, 0.05) is 12.1 Å². The summed E-state index contributed by atoms with van der Waals surface area (Å²) < 4.78 is 12.3. The average molecular weight is 475 g/mol. The molecule has 0 atom stereocenters. The van der Waals surface area contributed by atoms with Gasteiger partial charge in [-0.15, -0.1) is 21.5 Å². The molecule has 2 heterocycles. The van der Waals surface area contributed by atoms with E-state index in [0.29, 0.717) is 15.7 Å². The van der Waals surface area contributed by atoms with Crippen LogP contribution in [0, 0.1) is 0 Å². The van der Waals surface area contributed by atoms with Crippen molar-refractivity contribution in [2.45, 2.75) is 38.4 Å². The van der Waals surface area contributed by atoms with Crippen LogP contribution < -0.4 is 10.1 Å². The fraction of sp³-hybridized carbons (Fsp3) is 0.364. The summed E-state index contributed by atoms with van der Waals surface area (Å²) in [4.78, 5) is 24.5. The number of carbonyl (C=O) groups excluding carboxylic acids is 2. The lowest BCUT2D eigenvalue weighted by atomic mass is 10.2. The first kappa shape index (κ1) is 23.8. The Hall–Kier alpha value is -2.85. The lowest BCUT2D eigenvalue weighted by molar-refractivity contribution is -0.113. The van der Waals surface area contributed by atoms with Gasteiger partial charge in [-0.1, -0.05) is 25.1 Å². The fourth-order valence-electron chi connectivity index (χ4n) is 2.94. The number of nitrogens with one attached hydrogen (secondary N) is 1. The van der Waals surface area contributed by atoms with E-state index in [1.54, 1.807) is 25.5 Å². The largest absolute Gasteiger partial charge is 0.497 e. The Morgan fingerprint density at radius 3 is 2.62 bits per heavy atom. The van der Waals surface area contributed by atoms with E-state index in [4.69, 9.17) is 9.47 Å². The highest BCUT2D eigenvalue weighted by molar-refractivity contribution is 7.99. The molecule has 3 aromatic rings. The van der Waals surface area contributed by atoms with E-state index in [0.717, 1.165) is 36.5 Å². The first-order valence-corrected chi connectivity index (χ1v) is 12.2. The maximum Gasteiger partial charge on any atom is 0.341 e. The van der Waals surface area contributed by atoms with Crippen molar-refractivity contribution in [3.8, 4) is 17.1 Å². The van der Waals surface area contributed by atoms with Gasteiger partial charge in [-0.2, -0.15) is 0 Å². The molecule has 0 unspecified atom stereocenters. The Bertz CT molecular complexity index is 1050. The molecule has 1 aromatic carbocycles. The van der Waals surface area contributed by atoms with Crippen molar-refractivity contribution < 1.29 is 19.1 Å². The zero-order valence-corrected chi connectivity index (χ0v) is 19.9. The number of esters is 1. The Morgan fingerprint density at radius 2 is 1.94 bits per heavy atom. The van der Waals surface area contributed by atoms with E-state index < -0.39 is 5.97 Å². The van der Waals surface area contributed by atoms with Gasteiger partial charge in [-0.05, 0) is 49.1 Å². The van der Waals surface area contributed by atoms with Crippen LogP contribution in [0.4, 0.5) is 5.00 Å². The maximum absolute atomic E-state index is 12.5. The van der Waals surface area contributed by atoms with Crippen molar-refractivity contribution in [3.05, 3.63) is 41.3 Å². The maximum atomic E-state index is 12.5. The number of thioether (sulfide) groups is 1. The highest BCUT2D eigenvalue weighted by Gasteiger charge is 2.18. The second kappa shape index (κ2) is 11.7. The molecular formula is C22H26N4O4S2. The first-order valence-electron chi connectivity index (χ1n) is 10.3. The molecule has 2 aromatic heterocycles. The summed E-state index contributed by atoms with van der Waals surface area (Å²) in [5, 5.41) is 14.4. The lowest BCUT2D eigenvalue weighted by Gasteiger charge is -2.10. The third-order valence-electron chi connectivity index (χ3n) is 4.55. The van der Waals surface area contributed by atoms with Crippen LogP contribution in [0.3, 0.4) is 0 Å². The van der Waals surface area contributed by atoms with Gasteiger partial charge in [0.25, 0.3) is 0 Å². The summed E-state index contributed by atoms with van der Waals surface area (Å²) in [6.07, 6.45) is 2.00. The van der Waals surface area contributed by atoms with Crippen LogP contribution in [0.25, 0.3) is 11.4 Å². The Morgan fingerprint density at radius 1 is 1.16 bits per heavy atom. The number of hydrogen-bond donors (Lipinski definition) is 1. The topological polar surface area (TPSA) is 95.3 Å². The lowest BCUT2D eigenvalue weighted by Crippen LogP contribution is -2.16. The molecule has 170 valence electrons. The molecule has 0 aliphatic rings. The molecular weight excluding hydrogens is 448 g/mol. The van der Waals surface area contributed by atoms with Crippen LogP contribution in [0.2, 0.25) is 0 Å². The number of unbranched alkanes of at least 4 members (excludes halogenated alkanes) is 1. The highest BCUT2D eigenvalue weighted by Crippen LogP contribution is 2.27. The summed E-state index contributed by atoms with van der Waals surface area (Å²) in [6.45, 7) is 4.91. The Labute approximate surface area is 195 Å². The predicted molar refractivity (Wildman–Crippen MR) is 127 cm³/mol. The van der Waals surface area contributed by atoms with Gasteiger partial charge in [0.2, 0.25) is 5.91 Å². The minimum Gasteiger partial charge on any atom is -0.497 e. The van der Waals surface area contributed by atoms with Crippen molar-refractivity contribution >= 4 is 40.0 Å². The first-order chi connectivity index (χ1) is 15.6. The number of hydrogen-bond acceptors (Lipinski definition) is 8. The number of thiophene rings is 1. The molecule has 0 bridgehead atoms. The molecule has 0 aliphatic carbocycles. The number of carbonyl (C=O) groups is 2. The monoisotopic (exact) mass is 474 g/mol. The second-order valence-corrected chi connectivity index (χ2v) is 8.62. The molecule has 0 saturated carbocycles. The van der Waals surface area contributed by atoms with Gasteiger partial charge in [0.05, 0.1) is 25.0 Å². The van der Waals surface area contributed by atoms with Crippen LogP contribution in [0.1, 0.15) is 37.0 Å². The van der Waals surface area contributed by atoms with Crippen LogP contribution in [0.15, 0.2) is 40.9 Å². The summed E-state index contributed by atoms with van der Waals surface area (Å²) in [6, 6.07) is 9.31. The summed E-state index contributed by atoms with van der Waals surface area (Å²) in [7, 11) is 1.63. The van der Waals surface area contributed by atoms with Crippen molar-refractivity contribution in [3.63, 3.8) is 0 Å². The quantitative estimate of drug-likeness (QED) is 0.317. The van der Waals surface area contributed by atoms with Crippen LogP contribution in [0.5, 0.6) is 5.75 Å². The molecule has 0 saturated heterocycles. The molecule has 8 nitrogen and oxygen atoms in total. The van der Waals surface area contributed by atoms with Crippen molar-refractivity contribution in [2.75, 3.05) is 24.8 Å². The van der Waals surface area contributed by atoms with Gasteiger partial charge >= 0.3 is 5.97 Å². The van der Waals surface area contributed by atoms with Crippen LogP contribution >= 0.6 is 23.1 Å². The number of benzene rings is 1. The average Bonchev–Trinajstić information content (AvgIpc) is 3.43. The Kier molecular flexibility index (Phi) is 8.69. The van der Waals surface area contributed by atoms with Crippen molar-refractivity contribution in [2.24, 2.45) is 0 Å². The standard InChI is InChI=1S/C22H26N4O4S2/c1-4-6-12-26-19(15-7-9-16(29-3)10-8-15)24-25-22(26)32-14-18(27)23-20-17(11-13-31-20)21(28)30-5-2/h7-11,13H,4-6,12,14H2,1-3H3,(H,23,27). The number of nitrogens with zero attached hydrogens (tertiary/aromatic N) is 3. The third kappa shape index (κ3) is 5.89.